The predicted molar refractivity (Wildman–Crippen MR) is 79.7 cm³/mol. The monoisotopic (exact) mass is 291 g/mol. The molecule has 0 spiro atoms. The van der Waals surface area contributed by atoms with Crippen LogP contribution in [0.5, 0.6) is 0 Å². The molecule has 2 aromatic rings. The number of nitrogens with zero attached hydrogens (tertiary/aromatic N) is 1. The average molecular weight is 291 g/mol. The highest BCUT2D eigenvalue weighted by molar-refractivity contribution is 7.19. The second-order valence-electron chi connectivity index (χ2n) is 3.87. The molecular weight excluding hydrogens is 278 g/mol. The smallest absolute Gasteiger partial charge is 0.174 e. The van der Waals surface area contributed by atoms with Gasteiger partial charge in [-0.25, -0.2) is 0 Å². The molecule has 0 saturated carbocycles. The van der Waals surface area contributed by atoms with E-state index in [0.29, 0.717) is 34.1 Å². The third-order valence-electron chi connectivity index (χ3n) is 2.63. The van der Waals surface area contributed by atoms with Crippen LogP contribution in [-0.4, -0.2) is 5.78 Å². The molecule has 0 saturated heterocycles. The molecule has 3 N–H and O–H groups in total. The molecule has 4 nitrogen and oxygen atoms in total. The lowest BCUT2D eigenvalue weighted by Crippen LogP contribution is -1.99. The molecule has 2 heterocycles. The van der Waals surface area contributed by atoms with Crippen molar-refractivity contribution in [2.75, 3.05) is 11.1 Å². The van der Waals surface area contributed by atoms with Crippen LogP contribution in [0.15, 0.2) is 17.5 Å². The summed E-state index contributed by atoms with van der Waals surface area (Å²) in [5.74, 6) is -0.0248. The number of hydrogen-bond acceptors (Lipinski definition) is 6. The van der Waals surface area contributed by atoms with Crippen molar-refractivity contribution in [2.45, 2.75) is 19.9 Å². The maximum atomic E-state index is 11.7. The number of rotatable bonds is 5. The normalized spacial score (nSPS) is 10.1. The van der Waals surface area contributed by atoms with Gasteiger partial charge in [-0.15, -0.1) is 22.7 Å². The zero-order valence-corrected chi connectivity index (χ0v) is 12.0. The van der Waals surface area contributed by atoms with E-state index in [9.17, 15) is 4.79 Å². The molecule has 19 heavy (non-hydrogen) atoms. The average Bonchev–Trinajstić information content (AvgIpc) is 3.03. The van der Waals surface area contributed by atoms with Crippen molar-refractivity contribution >= 4 is 39.1 Å². The number of nitrogens with two attached hydrogens (primary N) is 1. The summed E-state index contributed by atoms with van der Waals surface area (Å²) in [5.41, 5.74) is 6.54. The van der Waals surface area contributed by atoms with E-state index >= 15 is 0 Å². The van der Waals surface area contributed by atoms with E-state index in [4.69, 9.17) is 11.0 Å². The van der Waals surface area contributed by atoms with E-state index in [2.05, 4.69) is 11.4 Å². The van der Waals surface area contributed by atoms with Crippen LogP contribution in [0.3, 0.4) is 0 Å². The highest BCUT2D eigenvalue weighted by atomic mass is 32.1. The first kappa shape index (κ1) is 13.6. The van der Waals surface area contributed by atoms with Gasteiger partial charge in [0.1, 0.15) is 16.6 Å². The van der Waals surface area contributed by atoms with Gasteiger partial charge in [-0.1, -0.05) is 13.0 Å². The number of nitrogens with one attached hydrogen (secondary N) is 1. The second kappa shape index (κ2) is 5.87. The molecule has 0 aliphatic heterocycles. The molecule has 0 amide bonds. The molecule has 0 aliphatic carbocycles. The maximum Gasteiger partial charge on any atom is 0.174 e. The number of anilines is 2. The Morgan fingerprint density at radius 3 is 2.95 bits per heavy atom. The lowest BCUT2D eigenvalue weighted by Gasteiger charge is -2.01. The molecule has 2 rings (SSSR count). The number of thiophene rings is 2. The van der Waals surface area contributed by atoms with Gasteiger partial charge in [0.2, 0.25) is 0 Å². The number of nitriles is 1. The van der Waals surface area contributed by atoms with Crippen molar-refractivity contribution in [2.24, 2.45) is 0 Å². The Kier molecular flexibility index (Phi) is 4.20. The minimum absolute atomic E-state index is 0.0248. The van der Waals surface area contributed by atoms with Gasteiger partial charge >= 0.3 is 0 Å². The molecule has 0 radical (unpaired) electrons. The van der Waals surface area contributed by atoms with Gasteiger partial charge in [0.15, 0.2) is 5.78 Å². The van der Waals surface area contributed by atoms with E-state index in [1.54, 1.807) is 18.3 Å². The fourth-order valence-corrected chi connectivity index (χ4v) is 3.35. The highest BCUT2D eigenvalue weighted by Gasteiger charge is 2.19. The van der Waals surface area contributed by atoms with Crippen LogP contribution in [0, 0.1) is 11.3 Å². The number of carbonyl (C=O) groups is 1. The molecule has 6 heteroatoms. The first-order chi connectivity index (χ1) is 9.17. The highest BCUT2D eigenvalue weighted by Crippen LogP contribution is 2.36. The molecule has 0 bridgehead atoms. The molecule has 0 aliphatic rings. The van der Waals surface area contributed by atoms with Gasteiger partial charge in [-0.2, -0.15) is 5.26 Å². The summed E-state index contributed by atoms with van der Waals surface area (Å²) in [7, 11) is 0. The maximum absolute atomic E-state index is 11.7. The van der Waals surface area contributed by atoms with Crippen LogP contribution >= 0.6 is 22.7 Å². The summed E-state index contributed by atoms with van der Waals surface area (Å²) in [4.78, 5) is 13.4. The van der Waals surface area contributed by atoms with Gasteiger partial charge in [0.05, 0.1) is 17.1 Å². The lowest BCUT2D eigenvalue weighted by molar-refractivity contribution is 0.0993. The van der Waals surface area contributed by atoms with Crippen LogP contribution < -0.4 is 11.1 Å². The topological polar surface area (TPSA) is 78.9 Å². The number of nitrogen functional groups attached to an aromatic ring is 1. The quantitative estimate of drug-likeness (QED) is 0.827. The van der Waals surface area contributed by atoms with Crippen molar-refractivity contribution in [1.82, 2.24) is 0 Å². The van der Waals surface area contributed by atoms with Crippen LogP contribution in [0.25, 0.3) is 0 Å². The summed E-state index contributed by atoms with van der Waals surface area (Å²) in [5, 5.41) is 15.0. The summed E-state index contributed by atoms with van der Waals surface area (Å²) in [6.07, 6.45) is 0.389. The van der Waals surface area contributed by atoms with Gasteiger partial charge in [-0.05, 0) is 11.4 Å². The Bertz CT molecular complexity index is 623. The summed E-state index contributed by atoms with van der Waals surface area (Å²) in [6.45, 7) is 2.42. The Morgan fingerprint density at radius 2 is 2.37 bits per heavy atom. The van der Waals surface area contributed by atoms with Crippen molar-refractivity contribution in [3.63, 3.8) is 0 Å². The molecule has 2 aromatic heterocycles. The molecule has 0 unspecified atom stereocenters. The standard InChI is InChI=1S/C13H13N3OS2/c1-2-10(17)12-11(15)9(6-14)13(19-12)16-7-8-4-3-5-18-8/h3-5,16H,2,7,15H2,1H3. The third kappa shape index (κ3) is 2.78. The van der Waals surface area contributed by atoms with Crippen LogP contribution in [0.1, 0.15) is 33.5 Å². The van der Waals surface area contributed by atoms with E-state index in [1.807, 2.05) is 17.5 Å². The van der Waals surface area contributed by atoms with E-state index in [1.165, 1.54) is 16.2 Å². The number of Topliss-reactive ketones (excluding diaryl/α,β-unsaturated/α-hetero) is 1. The Hall–Kier alpha value is -1.84. The number of carbonyl (C=O) groups excluding carboxylic acids is 1. The van der Waals surface area contributed by atoms with Gasteiger partial charge in [0.25, 0.3) is 0 Å². The SMILES string of the molecule is CCC(=O)c1sc(NCc2cccs2)c(C#N)c1N. The Labute approximate surface area is 119 Å². The first-order valence-electron chi connectivity index (χ1n) is 5.79. The summed E-state index contributed by atoms with van der Waals surface area (Å²) in [6, 6.07) is 6.05. The van der Waals surface area contributed by atoms with E-state index in [0.717, 1.165) is 0 Å². The molecular formula is C13H13N3OS2. The van der Waals surface area contributed by atoms with Crippen molar-refractivity contribution in [1.29, 1.82) is 5.26 Å². The van der Waals surface area contributed by atoms with Crippen molar-refractivity contribution in [3.8, 4) is 6.07 Å². The van der Waals surface area contributed by atoms with E-state index in [-0.39, 0.29) is 5.78 Å². The van der Waals surface area contributed by atoms with Crippen molar-refractivity contribution in [3.05, 3.63) is 32.8 Å². The van der Waals surface area contributed by atoms with Crippen LogP contribution in [0.2, 0.25) is 0 Å². The second-order valence-corrected chi connectivity index (χ2v) is 5.92. The number of ketones is 1. The fraction of sp³-hybridized carbons (Fsp3) is 0.231. The minimum Gasteiger partial charge on any atom is -0.396 e. The Morgan fingerprint density at radius 1 is 1.58 bits per heavy atom. The zero-order valence-electron chi connectivity index (χ0n) is 10.4. The van der Waals surface area contributed by atoms with Gasteiger partial charge in [-0.3, -0.25) is 4.79 Å². The van der Waals surface area contributed by atoms with Gasteiger partial charge in [0, 0.05) is 11.3 Å². The summed E-state index contributed by atoms with van der Waals surface area (Å²) >= 11 is 2.90. The first-order valence-corrected chi connectivity index (χ1v) is 7.48. The van der Waals surface area contributed by atoms with Crippen LogP contribution in [0.4, 0.5) is 10.7 Å². The fourth-order valence-electron chi connectivity index (χ4n) is 1.63. The molecule has 0 fully saturated rings. The largest absolute Gasteiger partial charge is 0.396 e. The lowest BCUT2D eigenvalue weighted by atomic mass is 10.2. The van der Waals surface area contributed by atoms with Gasteiger partial charge < -0.3 is 11.1 Å². The molecule has 0 atom stereocenters. The van der Waals surface area contributed by atoms with Crippen LogP contribution in [-0.2, 0) is 6.54 Å². The summed E-state index contributed by atoms with van der Waals surface area (Å²) < 4.78 is 0. The molecule has 0 aromatic carbocycles. The van der Waals surface area contributed by atoms with Crippen molar-refractivity contribution < 1.29 is 4.79 Å². The predicted octanol–water partition coefficient (Wildman–Crippen LogP) is 3.47. The third-order valence-corrected chi connectivity index (χ3v) is 4.72. The van der Waals surface area contributed by atoms with E-state index < -0.39 is 0 Å². The Balaban J connectivity index is 2.25. The number of hydrogen-bond donors (Lipinski definition) is 2. The molecule has 98 valence electrons. The zero-order chi connectivity index (χ0) is 13.8. The minimum atomic E-state index is -0.0248.